The third-order valence-electron chi connectivity index (χ3n) is 5.97. The molecule has 0 atom stereocenters. The molecule has 26 heavy (non-hydrogen) atoms. The first kappa shape index (κ1) is 15.5. The third-order valence-corrected chi connectivity index (χ3v) is 5.97. The molecule has 0 N–H and O–H groups in total. The van der Waals surface area contributed by atoms with E-state index in [1.807, 2.05) is 0 Å². The summed E-state index contributed by atoms with van der Waals surface area (Å²) in [5.41, 5.74) is 13.7. The minimum absolute atomic E-state index is 1.01. The van der Waals surface area contributed by atoms with Crippen LogP contribution in [-0.4, -0.2) is 14.1 Å². The lowest BCUT2D eigenvalue weighted by Crippen LogP contribution is -2.23. The van der Waals surface area contributed by atoms with Crippen molar-refractivity contribution in [2.75, 3.05) is 23.9 Å². The van der Waals surface area contributed by atoms with E-state index in [0.29, 0.717) is 0 Å². The van der Waals surface area contributed by atoms with Crippen LogP contribution >= 0.6 is 0 Å². The predicted octanol–water partition coefficient (Wildman–Crippen LogP) is 5.65. The molecule has 2 heterocycles. The fraction of sp³-hybridized carbons (Fsp3) is 0.250. The number of fused-ring (bicyclic) bond motifs is 4. The second-order valence-corrected chi connectivity index (χ2v) is 7.85. The van der Waals surface area contributed by atoms with E-state index >= 15 is 0 Å². The molecule has 0 aromatic heterocycles. The van der Waals surface area contributed by atoms with Gasteiger partial charge in [0, 0.05) is 49.7 Å². The Kier molecular flexibility index (Phi) is 3.21. The molecule has 0 spiro atoms. The largest absolute Gasteiger partial charge is 0.344 e. The van der Waals surface area contributed by atoms with Gasteiger partial charge < -0.3 is 9.80 Å². The Bertz CT molecular complexity index is 963. The first-order valence-corrected chi connectivity index (χ1v) is 9.33. The lowest BCUT2D eigenvalue weighted by Gasteiger charge is -2.35. The quantitative estimate of drug-likeness (QED) is 0.522. The van der Waals surface area contributed by atoms with Gasteiger partial charge in [0.25, 0.3) is 0 Å². The molecule has 5 rings (SSSR count). The zero-order valence-corrected chi connectivity index (χ0v) is 15.9. The molecule has 0 bridgehead atoms. The molecule has 2 aliphatic heterocycles. The van der Waals surface area contributed by atoms with Crippen LogP contribution in [0.25, 0.3) is 0 Å². The molecule has 0 unspecified atom stereocenters. The summed E-state index contributed by atoms with van der Waals surface area (Å²) in [6.07, 6.45) is 2.02. The second kappa shape index (κ2) is 5.38. The lowest BCUT2D eigenvalue weighted by atomic mass is 9.89. The molecule has 0 fully saturated rings. The van der Waals surface area contributed by atoms with Crippen molar-refractivity contribution < 1.29 is 0 Å². The summed E-state index contributed by atoms with van der Waals surface area (Å²) in [6, 6.07) is 18.5. The molecule has 0 aliphatic carbocycles. The minimum atomic E-state index is 1.01. The summed E-state index contributed by atoms with van der Waals surface area (Å²) in [4.78, 5) is 4.73. The zero-order chi connectivity index (χ0) is 18.0. The Morgan fingerprint density at radius 2 is 0.923 bits per heavy atom. The first-order valence-electron chi connectivity index (χ1n) is 9.33. The molecule has 0 saturated carbocycles. The van der Waals surface area contributed by atoms with Crippen LogP contribution in [-0.2, 0) is 12.8 Å². The summed E-state index contributed by atoms with van der Waals surface area (Å²) < 4.78 is 0. The molecule has 3 aromatic carbocycles. The van der Waals surface area contributed by atoms with E-state index in [2.05, 4.69) is 86.3 Å². The van der Waals surface area contributed by atoms with Crippen molar-refractivity contribution in [3.8, 4) is 0 Å². The summed E-state index contributed by atoms with van der Waals surface area (Å²) in [5, 5.41) is 0. The van der Waals surface area contributed by atoms with E-state index in [9.17, 15) is 0 Å². The Morgan fingerprint density at radius 3 is 1.35 bits per heavy atom. The van der Waals surface area contributed by atoms with Crippen LogP contribution in [0.1, 0.15) is 33.4 Å². The van der Waals surface area contributed by atoms with Gasteiger partial charge >= 0.3 is 0 Å². The molecule has 2 nitrogen and oxygen atoms in total. The molecule has 0 saturated heterocycles. The summed E-state index contributed by atoms with van der Waals surface area (Å²) >= 11 is 0. The minimum Gasteiger partial charge on any atom is -0.344 e. The number of benzene rings is 3. The van der Waals surface area contributed by atoms with Gasteiger partial charge in [0.15, 0.2) is 0 Å². The molecule has 2 heteroatoms. The second-order valence-electron chi connectivity index (χ2n) is 7.85. The SMILES string of the molecule is Cc1ccc2c(c1)N(C)c1cc3c(cc1C2)N(C)c1cc(C)ccc1C3. The van der Waals surface area contributed by atoms with Crippen LogP contribution in [0.4, 0.5) is 22.7 Å². The highest BCUT2D eigenvalue weighted by Crippen LogP contribution is 2.45. The van der Waals surface area contributed by atoms with Gasteiger partial charge in [0.1, 0.15) is 0 Å². The maximum absolute atomic E-state index is 2.41. The standard InChI is InChI=1S/C24H24N2/c1-15-5-7-17-11-19-14-24-20(13-23(19)25(3)21(17)9-15)12-18-8-6-16(2)10-22(18)26(24)4/h5-10,13-14H,11-12H2,1-4H3. The number of aryl methyl sites for hydroxylation is 2. The van der Waals surface area contributed by atoms with Gasteiger partial charge in [0.05, 0.1) is 0 Å². The van der Waals surface area contributed by atoms with E-state index in [4.69, 9.17) is 0 Å². The van der Waals surface area contributed by atoms with E-state index in [0.717, 1.165) is 12.8 Å². The van der Waals surface area contributed by atoms with Crippen molar-refractivity contribution in [3.05, 3.63) is 81.9 Å². The van der Waals surface area contributed by atoms with Crippen molar-refractivity contribution in [1.29, 1.82) is 0 Å². The molecule has 130 valence electrons. The van der Waals surface area contributed by atoms with Crippen molar-refractivity contribution in [2.45, 2.75) is 26.7 Å². The van der Waals surface area contributed by atoms with Crippen molar-refractivity contribution in [3.63, 3.8) is 0 Å². The number of hydrogen-bond acceptors (Lipinski definition) is 2. The van der Waals surface area contributed by atoms with Gasteiger partial charge in [-0.2, -0.15) is 0 Å². The van der Waals surface area contributed by atoms with Gasteiger partial charge in [0.2, 0.25) is 0 Å². The average Bonchev–Trinajstić information content (AvgIpc) is 2.63. The zero-order valence-electron chi connectivity index (χ0n) is 15.9. The van der Waals surface area contributed by atoms with E-state index < -0.39 is 0 Å². The van der Waals surface area contributed by atoms with Crippen molar-refractivity contribution in [2.24, 2.45) is 0 Å². The maximum Gasteiger partial charge on any atom is 0.0448 e. The summed E-state index contributed by atoms with van der Waals surface area (Å²) in [6.45, 7) is 4.34. The summed E-state index contributed by atoms with van der Waals surface area (Å²) in [7, 11) is 4.40. The molecule has 3 aromatic rings. The molecule has 0 amide bonds. The highest BCUT2D eigenvalue weighted by atomic mass is 15.1. The fourth-order valence-electron chi connectivity index (χ4n) is 4.51. The average molecular weight is 340 g/mol. The Morgan fingerprint density at radius 1 is 0.538 bits per heavy atom. The van der Waals surface area contributed by atoms with Gasteiger partial charge in [-0.3, -0.25) is 0 Å². The van der Waals surface area contributed by atoms with Gasteiger partial charge in [-0.15, -0.1) is 0 Å². The normalized spacial score (nSPS) is 14.5. The highest BCUT2D eigenvalue weighted by Gasteiger charge is 2.26. The van der Waals surface area contributed by atoms with Crippen LogP contribution in [0, 0.1) is 13.8 Å². The summed E-state index contributed by atoms with van der Waals surface area (Å²) in [5.74, 6) is 0. The molecular formula is C24H24N2. The number of nitrogens with zero attached hydrogens (tertiary/aromatic N) is 2. The smallest absolute Gasteiger partial charge is 0.0448 e. The van der Waals surface area contributed by atoms with E-state index in [1.165, 1.54) is 56.1 Å². The topological polar surface area (TPSA) is 6.48 Å². The Hall–Kier alpha value is -2.74. The molecule has 0 radical (unpaired) electrons. The van der Waals surface area contributed by atoms with Gasteiger partial charge in [-0.1, -0.05) is 24.3 Å². The molecule has 2 aliphatic rings. The van der Waals surface area contributed by atoms with Gasteiger partial charge in [-0.05, 0) is 71.5 Å². The van der Waals surface area contributed by atoms with Gasteiger partial charge in [-0.25, -0.2) is 0 Å². The van der Waals surface area contributed by atoms with Crippen LogP contribution < -0.4 is 9.80 Å². The fourth-order valence-corrected chi connectivity index (χ4v) is 4.51. The van der Waals surface area contributed by atoms with Crippen LogP contribution in [0.5, 0.6) is 0 Å². The van der Waals surface area contributed by atoms with Crippen molar-refractivity contribution in [1.82, 2.24) is 0 Å². The van der Waals surface area contributed by atoms with Crippen LogP contribution in [0.2, 0.25) is 0 Å². The van der Waals surface area contributed by atoms with Crippen LogP contribution in [0.3, 0.4) is 0 Å². The maximum atomic E-state index is 2.41. The lowest BCUT2D eigenvalue weighted by molar-refractivity contribution is 1.01. The number of hydrogen-bond donors (Lipinski definition) is 0. The third kappa shape index (κ3) is 2.18. The Balaban J connectivity index is 1.64. The number of rotatable bonds is 0. The highest BCUT2D eigenvalue weighted by molar-refractivity contribution is 5.82. The monoisotopic (exact) mass is 340 g/mol. The van der Waals surface area contributed by atoms with Crippen LogP contribution in [0.15, 0.2) is 48.5 Å². The Labute approximate surface area is 155 Å². The number of anilines is 4. The molecular weight excluding hydrogens is 316 g/mol. The van der Waals surface area contributed by atoms with E-state index in [-0.39, 0.29) is 0 Å². The van der Waals surface area contributed by atoms with Crippen molar-refractivity contribution >= 4 is 22.7 Å². The first-order chi connectivity index (χ1) is 12.5. The predicted molar refractivity (Wildman–Crippen MR) is 111 cm³/mol. The van der Waals surface area contributed by atoms with E-state index in [1.54, 1.807) is 0 Å².